The molecular weight excluding hydrogens is 386 g/mol. The number of para-hydroxylation sites is 1. The Labute approximate surface area is 174 Å². The summed E-state index contributed by atoms with van der Waals surface area (Å²) in [7, 11) is 0. The lowest BCUT2D eigenvalue weighted by molar-refractivity contribution is -0.135. The molecule has 0 N–H and O–H groups in total. The number of benzene rings is 1. The normalized spacial score (nSPS) is 19.7. The van der Waals surface area contributed by atoms with Crippen molar-refractivity contribution in [3.63, 3.8) is 0 Å². The van der Waals surface area contributed by atoms with E-state index in [1.54, 1.807) is 11.0 Å². The van der Waals surface area contributed by atoms with Crippen molar-refractivity contribution in [3.8, 4) is 0 Å². The van der Waals surface area contributed by atoms with Gasteiger partial charge in [-0.2, -0.15) is 0 Å². The molecule has 0 saturated carbocycles. The number of imide groups is 1. The molecule has 2 fully saturated rings. The first kappa shape index (κ1) is 19.8. The Balaban J connectivity index is 1.61. The molecule has 2 aromatic rings. The average molecular weight is 412 g/mol. The van der Waals surface area contributed by atoms with Crippen molar-refractivity contribution in [3.05, 3.63) is 40.9 Å². The van der Waals surface area contributed by atoms with Gasteiger partial charge in [0.15, 0.2) is 0 Å². The summed E-state index contributed by atoms with van der Waals surface area (Å²) in [5.74, 6) is -0.535. The average Bonchev–Trinajstić information content (AvgIpc) is 3.44. The molecule has 3 amide bonds. The van der Waals surface area contributed by atoms with E-state index in [4.69, 9.17) is 0 Å². The van der Waals surface area contributed by atoms with Crippen LogP contribution in [0.3, 0.4) is 0 Å². The maximum atomic E-state index is 12.8. The molecular formula is C22H25N3O3S. The number of thioether (sulfide) groups is 1. The Morgan fingerprint density at radius 2 is 1.93 bits per heavy atom. The highest BCUT2D eigenvalue weighted by molar-refractivity contribution is 8.18. The van der Waals surface area contributed by atoms with E-state index in [0.717, 1.165) is 52.4 Å². The second kappa shape index (κ2) is 8.06. The molecule has 0 radical (unpaired) electrons. The second-order valence-electron chi connectivity index (χ2n) is 7.62. The molecule has 2 saturated heterocycles. The largest absolute Gasteiger partial charge is 0.344 e. The molecule has 0 bridgehead atoms. The van der Waals surface area contributed by atoms with Crippen molar-refractivity contribution in [2.24, 2.45) is 0 Å². The van der Waals surface area contributed by atoms with E-state index in [0.29, 0.717) is 24.0 Å². The fraction of sp³-hybridized carbons (Fsp3) is 0.409. The lowest BCUT2D eigenvalue weighted by Gasteiger charge is -2.18. The smallest absolute Gasteiger partial charge is 0.294 e. The van der Waals surface area contributed by atoms with E-state index in [1.807, 2.05) is 24.4 Å². The third-order valence-corrected chi connectivity index (χ3v) is 6.66. The van der Waals surface area contributed by atoms with E-state index in [-0.39, 0.29) is 23.6 Å². The van der Waals surface area contributed by atoms with E-state index < -0.39 is 0 Å². The minimum absolute atomic E-state index is 0.153. The molecule has 1 aromatic heterocycles. The number of likely N-dealkylation sites (tertiary alicyclic amines) is 1. The van der Waals surface area contributed by atoms with E-state index in [1.165, 1.54) is 0 Å². The van der Waals surface area contributed by atoms with Crippen molar-refractivity contribution in [2.75, 3.05) is 19.6 Å². The maximum Gasteiger partial charge on any atom is 0.294 e. The van der Waals surface area contributed by atoms with Gasteiger partial charge in [0.25, 0.3) is 11.1 Å². The molecule has 2 aliphatic rings. The molecule has 29 heavy (non-hydrogen) atoms. The second-order valence-corrected chi connectivity index (χ2v) is 8.62. The third-order valence-electron chi connectivity index (χ3n) is 5.75. The molecule has 0 aliphatic carbocycles. The van der Waals surface area contributed by atoms with E-state index >= 15 is 0 Å². The van der Waals surface area contributed by atoms with Crippen LogP contribution in [0.2, 0.25) is 0 Å². The highest BCUT2D eigenvalue weighted by Crippen LogP contribution is 2.35. The topological polar surface area (TPSA) is 62.6 Å². The third kappa shape index (κ3) is 3.71. The van der Waals surface area contributed by atoms with Gasteiger partial charge in [0.2, 0.25) is 5.91 Å². The molecule has 2 aliphatic heterocycles. The molecule has 6 nitrogen and oxygen atoms in total. The standard InChI is InChI=1S/C22H25N3O3S/c1-3-15(2)24-13-16(17-8-4-5-9-18(17)24)12-19-21(27)25(22(28)29-19)14-20(26)23-10-6-7-11-23/h4-5,8-9,12-13,15H,3,6-7,10-11,14H2,1-2H3/b19-12+/t15-/m0/s1. The summed E-state index contributed by atoms with van der Waals surface area (Å²) in [5, 5.41) is 0.673. The quantitative estimate of drug-likeness (QED) is 0.690. The first-order valence-corrected chi connectivity index (χ1v) is 10.9. The van der Waals surface area contributed by atoms with Crippen molar-refractivity contribution >= 4 is 45.8 Å². The summed E-state index contributed by atoms with van der Waals surface area (Å²) < 4.78 is 2.21. The SMILES string of the molecule is CC[C@H](C)n1cc(/C=C2/SC(=O)N(CC(=O)N3CCCC3)C2=O)c2ccccc21. The van der Waals surface area contributed by atoms with Crippen molar-refractivity contribution in [2.45, 2.75) is 39.2 Å². The highest BCUT2D eigenvalue weighted by Gasteiger charge is 2.37. The zero-order valence-corrected chi connectivity index (χ0v) is 17.6. The summed E-state index contributed by atoms with van der Waals surface area (Å²) in [5.41, 5.74) is 2.02. The van der Waals surface area contributed by atoms with Crippen LogP contribution >= 0.6 is 11.8 Å². The summed E-state index contributed by atoms with van der Waals surface area (Å²) in [6, 6.07) is 8.40. The number of rotatable bonds is 5. The minimum atomic E-state index is -0.382. The Morgan fingerprint density at radius 1 is 1.21 bits per heavy atom. The van der Waals surface area contributed by atoms with Gasteiger partial charge in [0.05, 0.1) is 4.91 Å². The first-order chi connectivity index (χ1) is 14.0. The Kier molecular flexibility index (Phi) is 5.50. The number of amides is 3. The van der Waals surface area contributed by atoms with E-state index in [9.17, 15) is 14.4 Å². The fourth-order valence-corrected chi connectivity index (χ4v) is 4.72. The molecule has 0 spiro atoms. The van der Waals surface area contributed by atoms with Gasteiger partial charge in [0.1, 0.15) is 6.54 Å². The van der Waals surface area contributed by atoms with Gasteiger partial charge in [-0.05, 0) is 50.1 Å². The van der Waals surface area contributed by atoms with E-state index in [2.05, 4.69) is 24.5 Å². The van der Waals surface area contributed by atoms with Crippen LogP contribution in [0, 0.1) is 0 Å². The van der Waals surface area contributed by atoms with Crippen LogP contribution in [-0.2, 0) is 9.59 Å². The van der Waals surface area contributed by atoms with Crippen LogP contribution in [0.5, 0.6) is 0 Å². The van der Waals surface area contributed by atoms with Crippen molar-refractivity contribution in [1.29, 1.82) is 0 Å². The van der Waals surface area contributed by atoms with Crippen LogP contribution < -0.4 is 0 Å². The fourth-order valence-electron chi connectivity index (χ4n) is 3.89. The number of aromatic nitrogens is 1. The van der Waals surface area contributed by atoms with Crippen LogP contribution in [0.15, 0.2) is 35.4 Å². The van der Waals surface area contributed by atoms with Crippen LogP contribution in [0.25, 0.3) is 17.0 Å². The molecule has 1 atom stereocenters. The molecule has 1 aromatic carbocycles. The van der Waals surface area contributed by atoms with Crippen LogP contribution in [0.1, 0.15) is 44.7 Å². The number of hydrogen-bond acceptors (Lipinski definition) is 4. The Morgan fingerprint density at radius 3 is 2.66 bits per heavy atom. The maximum absolute atomic E-state index is 12.8. The minimum Gasteiger partial charge on any atom is -0.344 e. The predicted molar refractivity (Wildman–Crippen MR) is 115 cm³/mol. The Hall–Kier alpha value is -2.54. The van der Waals surface area contributed by atoms with Gasteiger partial charge in [0, 0.05) is 41.8 Å². The predicted octanol–water partition coefficient (Wildman–Crippen LogP) is 4.27. The summed E-state index contributed by atoms with van der Waals surface area (Å²) in [6.45, 7) is 5.55. The number of hydrogen-bond donors (Lipinski definition) is 0. The van der Waals surface area contributed by atoms with Gasteiger partial charge in [-0.1, -0.05) is 25.1 Å². The number of carbonyl (C=O) groups excluding carboxylic acids is 3. The molecule has 0 unspecified atom stereocenters. The van der Waals surface area contributed by atoms with Gasteiger partial charge >= 0.3 is 0 Å². The number of carbonyl (C=O) groups is 3. The molecule has 4 rings (SSSR count). The molecule has 152 valence electrons. The van der Waals surface area contributed by atoms with Crippen LogP contribution in [-0.4, -0.2) is 51.1 Å². The zero-order chi connectivity index (χ0) is 20.5. The summed E-state index contributed by atoms with van der Waals surface area (Å²) in [6.07, 6.45) is 6.78. The summed E-state index contributed by atoms with van der Waals surface area (Å²) >= 11 is 0.912. The van der Waals surface area contributed by atoms with Crippen molar-refractivity contribution in [1.82, 2.24) is 14.4 Å². The molecule has 3 heterocycles. The zero-order valence-electron chi connectivity index (χ0n) is 16.8. The lowest BCUT2D eigenvalue weighted by Crippen LogP contribution is -2.40. The monoisotopic (exact) mass is 411 g/mol. The number of nitrogens with zero attached hydrogens (tertiary/aromatic N) is 3. The van der Waals surface area contributed by atoms with Gasteiger partial charge < -0.3 is 9.47 Å². The number of fused-ring (bicyclic) bond motifs is 1. The highest BCUT2D eigenvalue weighted by atomic mass is 32.2. The summed E-state index contributed by atoms with van der Waals surface area (Å²) in [4.78, 5) is 40.8. The Bertz CT molecular complexity index is 1000. The molecule has 7 heteroatoms. The lowest BCUT2D eigenvalue weighted by atomic mass is 10.1. The van der Waals surface area contributed by atoms with Gasteiger partial charge in [-0.3, -0.25) is 19.3 Å². The van der Waals surface area contributed by atoms with Gasteiger partial charge in [-0.15, -0.1) is 0 Å². The van der Waals surface area contributed by atoms with Crippen LogP contribution in [0.4, 0.5) is 4.79 Å². The van der Waals surface area contributed by atoms with Crippen molar-refractivity contribution < 1.29 is 14.4 Å². The first-order valence-electron chi connectivity index (χ1n) is 10.1. The van der Waals surface area contributed by atoms with Gasteiger partial charge in [-0.25, -0.2) is 0 Å².